The summed E-state index contributed by atoms with van der Waals surface area (Å²) in [7, 11) is 2.31. The number of hydrogen-bond acceptors (Lipinski definition) is 4. The number of carbonyl (C=O) groups excluding carboxylic acids is 1. The van der Waals surface area contributed by atoms with E-state index >= 15 is 0 Å². The number of allylic oxidation sites excluding steroid dienone is 2. The van der Waals surface area contributed by atoms with Crippen LogP contribution in [-0.2, 0) is 16.1 Å². The lowest BCUT2D eigenvalue weighted by Gasteiger charge is -2.17. The van der Waals surface area contributed by atoms with Gasteiger partial charge in [-0.15, -0.1) is 0 Å². The quantitative estimate of drug-likeness (QED) is 0.443. The van der Waals surface area contributed by atoms with Gasteiger partial charge in [-0.1, -0.05) is 31.5 Å². The van der Waals surface area contributed by atoms with Crippen LogP contribution in [0.3, 0.4) is 0 Å². The maximum Gasteiger partial charge on any atom is 0.426 e. The van der Waals surface area contributed by atoms with E-state index in [0.717, 1.165) is 20.3 Å². The van der Waals surface area contributed by atoms with E-state index in [9.17, 15) is 26.7 Å². The van der Waals surface area contributed by atoms with Crippen molar-refractivity contribution in [3.05, 3.63) is 33.9 Å². The van der Waals surface area contributed by atoms with Crippen molar-refractivity contribution in [2.45, 2.75) is 33.6 Å². The second-order valence-electron chi connectivity index (χ2n) is 7.24. The van der Waals surface area contributed by atoms with Crippen LogP contribution in [0.5, 0.6) is 11.5 Å². The molecule has 29 heavy (non-hydrogen) atoms. The van der Waals surface area contributed by atoms with E-state index in [-0.39, 0.29) is 22.6 Å². The molecule has 162 valence electrons. The van der Waals surface area contributed by atoms with E-state index in [0.29, 0.717) is 0 Å². The zero-order valence-electron chi connectivity index (χ0n) is 16.3. The van der Waals surface area contributed by atoms with E-state index in [1.807, 2.05) is 0 Å². The number of hydrogen-bond donors (Lipinski definition) is 0. The largest absolute Gasteiger partial charge is 0.493 e. The molecule has 2 atom stereocenters. The predicted molar refractivity (Wildman–Crippen MR) is 94.7 cm³/mol. The van der Waals surface area contributed by atoms with Crippen LogP contribution in [0.4, 0.5) is 22.0 Å². The highest BCUT2D eigenvalue weighted by Gasteiger charge is 2.62. The summed E-state index contributed by atoms with van der Waals surface area (Å²) >= 11 is 5.26. The maximum absolute atomic E-state index is 14.3. The fourth-order valence-corrected chi connectivity index (χ4v) is 3.42. The predicted octanol–water partition coefficient (Wildman–Crippen LogP) is 5.29. The van der Waals surface area contributed by atoms with Gasteiger partial charge in [0.1, 0.15) is 11.6 Å². The summed E-state index contributed by atoms with van der Waals surface area (Å²) in [4.78, 5) is 12.4. The highest BCUT2D eigenvalue weighted by atomic mass is 35.5. The summed E-state index contributed by atoms with van der Waals surface area (Å²) in [5.74, 6) is -5.15. The summed E-state index contributed by atoms with van der Waals surface area (Å²) in [5.41, 5.74) is -1.31. The molecule has 0 amide bonds. The number of halogens is 6. The van der Waals surface area contributed by atoms with Gasteiger partial charge in [0, 0.05) is 5.56 Å². The topological polar surface area (TPSA) is 44.8 Å². The third-order valence-corrected chi connectivity index (χ3v) is 5.47. The fraction of sp³-hybridized carbons (Fsp3) is 0.526. The van der Waals surface area contributed by atoms with Crippen LogP contribution in [0.25, 0.3) is 0 Å². The van der Waals surface area contributed by atoms with Gasteiger partial charge in [-0.05, 0) is 18.3 Å². The number of esters is 1. The summed E-state index contributed by atoms with van der Waals surface area (Å²) < 4.78 is 81.5. The standard InChI is InChI=1S/C19H20ClF5O4/c1-8-13(21)15(27-4)9(16(28-5)14(8)22)7-29-17(26)12-10(18(12,2)3)6-11(20)19(23,24)25/h6,10,12H,7H2,1-5H3. The number of rotatable bonds is 6. The lowest BCUT2D eigenvalue weighted by molar-refractivity contribution is -0.147. The van der Waals surface area contributed by atoms with Crippen LogP contribution < -0.4 is 9.47 Å². The number of alkyl halides is 3. The molecule has 0 bridgehead atoms. The van der Waals surface area contributed by atoms with Crippen molar-refractivity contribution in [3.63, 3.8) is 0 Å². The Morgan fingerprint density at radius 3 is 2.03 bits per heavy atom. The minimum Gasteiger partial charge on any atom is -0.493 e. The molecule has 2 unspecified atom stereocenters. The van der Waals surface area contributed by atoms with Crippen LogP contribution >= 0.6 is 11.6 Å². The Kier molecular flexibility index (Phi) is 6.42. The zero-order chi connectivity index (χ0) is 22.3. The number of benzene rings is 1. The van der Waals surface area contributed by atoms with Gasteiger partial charge < -0.3 is 14.2 Å². The molecule has 10 heteroatoms. The molecular weight excluding hydrogens is 423 g/mol. The third kappa shape index (κ3) is 4.29. The first-order valence-corrected chi connectivity index (χ1v) is 8.86. The Balaban J connectivity index is 2.24. The van der Waals surface area contributed by atoms with Gasteiger partial charge in [-0.25, -0.2) is 8.78 Å². The van der Waals surface area contributed by atoms with E-state index in [2.05, 4.69) is 0 Å². The van der Waals surface area contributed by atoms with Crippen molar-refractivity contribution in [1.29, 1.82) is 0 Å². The van der Waals surface area contributed by atoms with Crippen molar-refractivity contribution >= 4 is 17.6 Å². The van der Waals surface area contributed by atoms with E-state index in [1.165, 1.54) is 6.92 Å². The second-order valence-corrected chi connectivity index (χ2v) is 7.65. The lowest BCUT2D eigenvalue weighted by Crippen LogP contribution is -2.13. The smallest absolute Gasteiger partial charge is 0.426 e. The van der Waals surface area contributed by atoms with Gasteiger partial charge in [-0.2, -0.15) is 13.2 Å². The average Bonchev–Trinajstić information content (AvgIpc) is 3.17. The molecule has 0 aromatic heterocycles. The normalized spacial score (nSPS) is 21.0. The average molecular weight is 443 g/mol. The molecule has 1 fully saturated rings. The van der Waals surface area contributed by atoms with Gasteiger partial charge >= 0.3 is 12.1 Å². The number of ether oxygens (including phenoxy) is 3. The van der Waals surface area contributed by atoms with E-state index in [1.54, 1.807) is 13.8 Å². The van der Waals surface area contributed by atoms with Crippen molar-refractivity contribution in [2.75, 3.05) is 14.2 Å². The highest BCUT2D eigenvalue weighted by Crippen LogP contribution is 2.60. The molecular formula is C19H20ClF5O4. The van der Waals surface area contributed by atoms with Gasteiger partial charge in [0.15, 0.2) is 23.1 Å². The zero-order valence-corrected chi connectivity index (χ0v) is 17.1. The minimum atomic E-state index is -4.72. The highest BCUT2D eigenvalue weighted by molar-refractivity contribution is 6.30. The van der Waals surface area contributed by atoms with Crippen molar-refractivity contribution in [3.8, 4) is 11.5 Å². The Labute approximate surface area is 169 Å². The number of methoxy groups -OCH3 is 2. The van der Waals surface area contributed by atoms with Crippen LogP contribution in [0.1, 0.15) is 25.0 Å². The third-order valence-electron chi connectivity index (χ3n) is 5.13. The lowest BCUT2D eigenvalue weighted by atomic mass is 10.1. The molecule has 0 radical (unpaired) electrons. The molecule has 1 aromatic carbocycles. The van der Waals surface area contributed by atoms with Crippen molar-refractivity contribution < 1.29 is 41.0 Å². The van der Waals surface area contributed by atoms with Crippen LogP contribution in [0.2, 0.25) is 0 Å². The SMILES string of the molecule is COc1c(F)c(C)c(F)c(OC)c1COC(=O)C1C(C=C(Cl)C(F)(F)F)C1(C)C. The van der Waals surface area contributed by atoms with Gasteiger partial charge in [-0.3, -0.25) is 4.79 Å². The maximum atomic E-state index is 14.3. The Bertz CT molecular complexity index is 817. The monoisotopic (exact) mass is 442 g/mol. The number of carbonyl (C=O) groups is 1. The molecule has 1 aliphatic rings. The summed E-state index contributed by atoms with van der Waals surface area (Å²) in [6, 6.07) is 0. The Morgan fingerprint density at radius 1 is 1.14 bits per heavy atom. The van der Waals surface area contributed by atoms with Gasteiger partial charge in [0.2, 0.25) is 0 Å². The van der Waals surface area contributed by atoms with Gasteiger partial charge in [0.05, 0.1) is 25.7 Å². The molecule has 2 rings (SSSR count). The van der Waals surface area contributed by atoms with Gasteiger partial charge in [0.25, 0.3) is 0 Å². The molecule has 4 nitrogen and oxygen atoms in total. The summed E-state index contributed by atoms with van der Waals surface area (Å²) in [5, 5.41) is -1.32. The van der Waals surface area contributed by atoms with Crippen molar-refractivity contribution in [1.82, 2.24) is 0 Å². The van der Waals surface area contributed by atoms with E-state index in [4.69, 9.17) is 25.8 Å². The molecule has 0 heterocycles. The molecule has 0 saturated heterocycles. The molecule has 1 saturated carbocycles. The first-order chi connectivity index (χ1) is 13.3. The minimum absolute atomic E-state index is 0.164. The van der Waals surface area contributed by atoms with E-state index < -0.39 is 52.7 Å². The Hall–Kier alpha value is -2.03. The van der Waals surface area contributed by atoms with Crippen LogP contribution in [0.15, 0.2) is 11.1 Å². The first-order valence-electron chi connectivity index (χ1n) is 8.48. The fourth-order valence-electron chi connectivity index (χ4n) is 3.29. The summed E-state index contributed by atoms with van der Waals surface area (Å²) in [6.07, 6.45) is -3.94. The summed E-state index contributed by atoms with van der Waals surface area (Å²) in [6.45, 7) is 3.79. The molecule has 0 spiro atoms. The molecule has 1 aromatic rings. The van der Waals surface area contributed by atoms with Crippen LogP contribution in [-0.4, -0.2) is 26.4 Å². The first kappa shape index (κ1) is 23.3. The Morgan fingerprint density at radius 2 is 1.62 bits per heavy atom. The second kappa shape index (κ2) is 8.01. The molecule has 0 aliphatic heterocycles. The van der Waals surface area contributed by atoms with Crippen molar-refractivity contribution in [2.24, 2.45) is 17.3 Å². The van der Waals surface area contributed by atoms with Crippen LogP contribution in [0, 0.1) is 35.8 Å². The molecule has 1 aliphatic carbocycles. The molecule has 0 N–H and O–H groups in total.